The molecule has 2 heteroatoms. The Hall–Kier alpha value is -0.608. The van der Waals surface area contributed by atoms with Crippen LogP contribution in [0.1, 0.15) is 0 Å². The Labute approximate surface area is 104 Å². The van der Waals surface area contributed by atoms with Gasteiger partial charge in [-0.3, -0.25) is 0 Å². The zero-order chi connectivity index (χ0) is 8.23. The molecule has 2 aromatic carbocycles. The largest absolute Gasteiger partial charge is 0.147 e. The van der Waals surface area contributed by atoms with E-state index < -0.39 is 0 Å². The van der Waals surface area contributed by atoms with E-state index in [0.29, 0.717) is 0 Å². The first-order valence-electron chi connectivity index (χ1n) is 3.99. The number of hydrogen-bond donors (Lipinski definition) is 0. The molecule has 0 aromatic heterocycles. The standard InChI is InChI=1S/C12H9.ClH.Pd/c1-3-7-11(8-4-1)12-9-5-2-6-10-12;;/h1-9H;1H;/q-1;;. The van der Waals surface area contributed by atoms with Crippen LogP contribution in [-0.4, -0.2) is 0 Å². The van der Waals surface area contributed by atoms with Crippen LogP contribution in [0.4, 0.5) is 0 Å². The number of halogens is 1. The summed E-state index contributed by atoms with van der Waals surface area (Å²) >= 11 is 0. The SMILES string of the molecule is Cl.[Pd].[c-]1ccccc1-c1ccccc1. The Morgan fingerprint density at radius 1 is 0.786 bits per heavy atom. The fourth-order valence-electron chi connectivity index (χ4n) is 1.19. The van der Waals surface area contributed by atoms with Crippen molar-refractivity contribution in [3.05, 3.63) is 60.7 Å². The van der Waals surface area contributed by atoms with E-state index in [-0.39, 0.29) is 32.8 Å². The smallest absolute Gasteiger partial charge is 0 e. The molecule has 2 aromatic rings. The van der Waals surface area contributed by atoms with Crippen molar-refractivity contribution in [2.75, 3.05) is 0 Å². The molecule has 76 valence electrons. The number of rotatable bonds is 1. The van der Waals surface area contributed by atoms with Crippen LogP contribution < -0.4 is 0 Å². The molecule has 0 unspecified atom stereocenters. The molecule has 0 saturated carbocycles. The molecule has 14 heavy (non-hydrogen) atoms. The third-order valence-corrected chi connectivity index (χ3v) is 1.79. The van der Waals surface area contributed by atoms with Crippen molar-refractivity contribution in [1.29, 1.82) is 0 Å². The molecule has 0 N–H and O–H groups in total. The molecule has 0 bridgehead atoms. The van der Waals surface area contributed by atoms with Gasteiger partial charge in [-0.15, -0.1) is 48.3 Å². The van der Waals surface area contributed by atoms with Crippen molar-refractivity contribution in [3.63, 3.8) is 0 Å². The Bertz CT molecular complexity index is 308. The van der Waals surface area contributed by atoms with Crippen LogP contribution in [-0.2, 0) is 20.4 Å². The second-order valence-corrected chi connectivity index (χ2v) is 2.64. The summed E-state index contributed by atoms with van der Waals surface area (Å²) in [5, 5.41) is 0. The van der Waals surface area contributed by atoms with Crippen LogP contribution in [0.3, 0.4) is 0 Å². The molecule has 0 radical (unpaired) electrons. The monoisotopic (exact) mass is 295 g/mol. The second kappa shape index (κ2) is 6.79. The third-order valence-electron chi connectivity index (χ3n) is 1.79. The summed E-state index contributed by atoms with van der Waals surface area (Å²) in [5.74, 6) is 0. The van der Waals surface area contributed by atoms with Gasteiger partial charge in [0.15, 0.2) is 0 Å². The van der Waals surface area contributed by atoms with E-state index in [9.17, 15) is 0 Å². The summed E-state index contributed by atoms with van der Waals surface area (Å²) in [5.41, 5.74) is 2.37. The predicted molar refractivity (Wildman–Crippen MR) is 58.0 cm³/mol. The van der Waals surface area contributed by atoms with Gasteiger partial charge in [-0.05, 0) is 0 Å². The molecule has 0 fully saturated rings. The molecule has 0 heterocycles. The first-order chi connectivity index (χ1) is 5.97. The maximum Gasteiger partial charge on any atom is 0 e. The van der Waals surface area contributed by atoms with E-state index in [0.717, 1.165) is 5.56 Å². The van der Waals surface area contributed by atoms with E-state index in [1.165, 1.54) is 5.56 Å². The van der Waals surface area contributed by atoms with Gasteiger partial charge in [0.05, 0.1) is 0 Å². The molecule has 0 atom stereocenters. The van der Waals surface area contributed by atoms with Crippen molar-refractivity contribution < 1.29 is 20.4 Å². The minimum absolute atomic E-state index is 0. The van der Waals surface area contributed by atoms with E-state index >= 15 is 0 Å². The van der Waals surface area contributed by atoms with Gasteiger partial charge in [0.1, 0.15) is 0 Å². The van der Waals surface area contributed by atoms with Gasteiger partial charge in [-0.1, -0.05) is 35.9 Å². The van der Waals surface area contributed by atoms with E-state index in [1.807, 2.05) is 36.4 Å². The van der Waals surface area contributed by atoms with E-state index in [1.54, 1.807) is 0 Å². The van der Waals surface area contributed by atoms with Crippen LogP contribution in [0, 0.1) is 6.07 Å². The third kappa shape index (κ3) is 3.27. The summed E-state index contributed by atoms with van der Waals surface area (Å²) < 4.78 is 0. The average Bonchev–Trinajstić information content (AvgIpc) is 2.21. The van der Waals surface area contributed by atoms with Gasteiger partial charge < -0.3 is 0 Å². The summed E-state index contributed by atoms with van der Waals surface area (Å²) in [4.78, 5) is 0. The summed E-state index contributed by atoms with van der Waals surface area (Å²) in [7, 11) is 0. The van der Waals surface area contributed by atoms with Gasteiger partial charge in [0.2, 0.25) is 0 Å². The van der Waals surface area contributed by atoms with Gasteiger partial charge in [-0.25, -0.2) is 0 Å². The molecule has 2 rings (SSSR count). The molecule has 0 aliphatic heterocycles. The molecule has 0 spiro atoms. The minimum atomic E-state index is 0. The normalized spacial score (nSPS) is 8.29. The zero-order valence-corrected chi connectivity index (χ0v) is 9.79. The van der Waals surface area contributed by atoms with Gasteiger partial charge in [0.25, 0.3) is 0 Å². The maximum atomic E-state index is 3.18. The fourth-order valence-corrected chi connectivity index (χ4v) is 1.19. The van der Waals surface area contributed by atoms with Crippen molar-refractivity contribution in [2.24, 2.45) is 0 Å². The fraction of sp³-hybridized carbons (Fsp3) is 0. The quantitative estimate of drug-likeness (QED) is 0.557. The summed E-state index contributed by atoms with van der Waals surface area (Å²) in [6.45, 7) is 0. The Morgan fingerprint density at radius 2 is 1.43 bits per heavy atom. The van der Waals surface area contributed by atoms with Crippen LogP contribution in [0.5, 0.6) is 0 Å². The van der Waals surface area contributed by atoms with Crippen LogP contribution in [0.2, 0.25) is 0 Å². The molecule has 0 nitrogen and oxygen atoms in total. The van der Waals surface area contributed by atoms with Crippen molar-refractivity contribution in [1.82, 2.24) is 0 Å². The van der Waals surface area contributed by atoms with Crippen LogP contribution in [0.15, 0.2) is 54.6 Å². The van der Waals surface area contributed by atoms with E-state index in [2.05, 4.69) is 24.3 Å². The Balaban J connectivity index is 0.000000845. The Kier molecular flexibility index (Phi) is 6.49. The molecule has 0 aliphatic rings. The number of hydrogen-bond acceptors (Lipinski definition) is 0. The average molecular weight is 296 g/mol. The van der Waals surface area contributed by atoms with E-state index in [4.69, 9.17) is 0 Å². The molecule has 0 amide bonds. The Morgan fingerprint density at radius 3 is 2.00 bits per heavy atom. The first-order valence-corrected chi connectivity index (χ1v) is 3.99. The second-order valence-electron chi connectivity index (χ2n) is 2.64. The maximum absolute atomic E-state index is 3.18. The van der Waals surface area contributed by atoms with Gasteiger partial charge in [0, 0.05) is 20.4 Å². The topological polar surface area (TPSA) is 0 Å². The van der Waals surface area contributed by atoms with Gasteiger partial charge in [-0.2, -0.15) is 0 Å². The zero-order valence-electron chi connectivity index (χ0n) is 7.42. The summed E-state index contributed by atoms with van der Waals surface area (Å²) in [6.07, 6.45) is 0. The number of benzene rings is 2. The predicted octanol–water partition coefficient (Wildman–Crippen LogP) is 3.57. The molecule has 0 aliphatic carbocycles. The first kappa shape index (κ1) is 13.4. The van der Waals surface area contributed by atoms with Crippen LogP contribution >= 0.6 is 12.4 Å². The van der Waals surface area contributed by atoms with Crippen LogP contribution in [0.25, 0.3) is 11.1 Å². The minimum Gasteiger partial charge on any atom is -0.147 e. The van der Waals surface area contributed by atoms with Crippen molar-refractivity contribution in [2.45, 2.75) is 0 Å². The summed E-state index contributed by atoms with van der Waals surface area (Å²) in [6, 6.07) is 21.5. The van der Waals surface area contributed by atoms with Crippen molar-refractivity contribution >= 4 is 12.4 Å². The van der Waals surface area contributed by atoms with Crippen molar-refractivity contribution in [3.8, 4) is 11.1 Å². The van der Waals surface area contributed by atoms with Gasteiger partial charge >= 0.3 is 0 Å². The molecule has 0 saturated heterocycles. The molecular formula is C12H10ClPd-. The molecular weight excluding hydrogens is 286 g/mol.